The Bertz CT molecular complexity index is 385. The summed E-state index contributed by atoms with van der Waals surface area (Å²) in [5, 5.41) is 6.75. The molecule has 0 aliphatic carbocycles. The van der Waals surface area contributed by atoms with Gasteiger partial charge in [0.05, 0.1) is 0 Å². The number of nitrogens with one attached hydrogen (secondary N) is 2. The molecule has 4 nitrogen and oxygen atoms in total. The van der Waals surface area contributed by atoms with Crippen LogP contribution >= 0.6 is 0 Å². The molecule has 0 aliphatic heterocycles. The summed E-state index contributed by atoms with van der Waals surface area (Å²) in [6.45, 7) is 13.4. The Morgan fingerprint density at radius 1 is 1.06 bits per heavy atom. The van der Waals surface area contributed by atoms with E-state index in [1.165, 1.54) is 0 Å². The molecule has 0 spiro atoms. The quantitative estimate of drug-likeness (QED) is 0.824. The molecule has 17 heavy (non-hydrogen) atoms. The summed E-state index contributed by atoms with van der Waals surface area (Å²) in [5.41, 5.74) is 1.13. The smallest absolute Gasteiger partial charge is 0.135 e. The minimum Gasteiger partial charge on any atom is -0.370 e. The average molecular weight is 236 g/mol. The van der Waals surface area contributed by atoms with E-state index in [1.54, 1.807) is 0 Å². The Labute approximate surface area is 104 Å². The van der Waals surface area contributed by atoms with Crippen molar-refractivity contribution in [3.8, 4) is 0 Å². The van der Waals surface area contributed by atoms with Crippen molar-refractivity contribution < 1.29 is 0 Å². The van der Waals surface area contributed by atoms with Gasteiger partial charge in [0.1, 0.15) is 17.5 Å². The van der Waals surface area contributed by atoms with Gasteiger partial charge in [0, 0.05) is 17.6 Å². The molecule has 4 heteroatoms. The van der Waals surface area contributed by atoms with Gasteiger partial charge in [0.15, 0.2) is 0 Å². The fraction of sp³-hybridized carbons (Fsp3) is 0.692. The monoisotopic (exact) mass is 236 g/mol. The first-order chi connectivity index (χ1) is 7.89. The summed E-state index contributed by atoms with van der Waals surface area (Å²) < 4.78 is 0. The number of hydrogen-bond donors (Lipinski definition) is 2. The topological polar surface area (TPSA) is 49.8 Å². The average Bonchev–Trinajstić information content (AvgIpc) is 2.25. The second kappa shape index (κ2) is 5.34. The molecule has 0 atom stereocenters. The van der Waals surface area contributed by atoms with E-state index in [1.807, 2.05) is 13.8 Å². The van der Waals surface area contributed by atoms with Crippen molar-refractivity contribution >= 4 is 11.6 Å². The van der Waals surface area contributed by atoms with Crippen LogP contribution in [0.4, 0.5) is 11.6 Å². The number of aromatic nitrogens is 2. The molecule has 0 bridgehead atoms. The molecule has 0 amide bonds. The van der Waals surface area contributed by atoms with Crippen LogP contribution in [0.25, 0.3) is 0 Å². The molecule has 96 valence electrons. The Morgan fingerprint density at radius 3 is 2.18 bits per heavy atom. The third kappa shape index (κ3) is 3.58. The summed E-state index contributed by atoms with van der Waals surface area (Å²) >= 11 is 0. The van der Waals surface area contributed by atoms with Crippen LogP contribution in [0.1, 0.15) is 45.5 Å². The van der Waals surface area contributed by atoms with Gasteiger partial charge < -0.3 is 10.6 Å². The number of hydrogen-bond acceptors (Lipinski definition) is 4. The van der Waals surface area contributed by atoms with Crippen LogP contribution in [0.3, 0.4) is 0 Å². The minimum atomic E-state index is 0.0506. The fourth-order valence-electron chi connectivity index (χ4n) is 1.50. The van der Waals surface area contributed by atoms with Crippen LogP contribution in [-0.2, 0) is 0 Å². The highest BCUT2D eigenvalue weighted by atomic mass is 15.1. The normalized spacial score (nSPS) is 11.4. The summed E-state index contributed by atoms with van der Waals surface area (Å²) in [6, 6.07) is 0. The van der Waals surface area contributed by atoms with Crippen LogP contribution in [0.5, 0.6) is 0 Å². The van der Waals surface area contributed by atoms with E-state index in [0.717, 1.165) is 36.0 Å². The van der Waals surface area contributed by atoms with Crippen LogP contribution < -0.4 is 10.6 Å². The molecule has 1 aromatic heterocycles. The highest BCUT2D eigenvalue weighted by Gasteiger charge is 2.18. The Morgan fingerprint density at radius 2 is 1.65 bits per heavy atom. The van der Waals surface area contributed by atoms with E-state index in [9.17, 15) is 0 Å². The molecule has 0 saturated carbocycles. The van der Waals surface area contributed by atoms with Gasteiger partial charge in [-0.25, -0.2) is 9.97 Å². The molecular formula is C13H24N4. The molecule has 0 aromatic carbocycles. The third-order valence-electron chi connectivity index (χ3n) is 2.94. The standard InChI is InChI=1S/C13H24N4/c1-7-13(5,6)17-12-9(3)11(14-8-2)15-10(4)16-12/h7-8H2,1-6H3,(H2,14,15,16,17). The summed E-state index contributed by atoms with van der Waals surface area (Å²) in [6.07, 6.45) is 1.05. The lowest BCUT2D eigenvalue weighted by Crippen LogP contribution is -2.31. The van der Waals surface area contributed by atoms with E-state index < -0.39 is 0 Å². The summed E-state index contributed by atoms with van der Waals surface area (Å²) in [4.78, 5) is 8.90. The van der Waals surface area contributed by atoms with E-state index in [4.69, 9.17) is 0 Å². The lowest BCUT2D eigenvalue weighted by Gasteiger charge is -2.26. The molecule has 0 saturated heterocycles. The predicted octanol–water partition coefficient (Wildman–Crippen LogP) is 3.13. The second-order valence-corrected chi connectivity index (χ2v) is 4.99. The first-order valence-electron chi connectivity index (χ1n) is 6.27. The lowest BCUT2D eigenvalue weighted by atomic mass is 10.0. The Balaban J connectivity index is 3.07. The van der Waals surface area contributed by atoms with Gasteiger partial charge in [-0.05, 0) is 41.0 Å². The van der Waals surface area contributed by atoms with Crippen LogP contribution in [-0.4, -0.2) is 22.1 Å². The van der Waals surface area contributed by atoms with Crippen LogP contribution in [0.2, 0.25) is 0 Å². The van der Waals surface area contributed by atoms with Crippen LogP contribution in [0, 0.1) is 13.8 Å². The zero-order valence-corrected chi connectivity index (χ0v) is 11.8. The summed E-state index contributed by atoms with van der Waals surface area (Å²) in [7, 11) is 0. The van der Waals surface area contributed by atoms with Crippen molar-refractivity contribution in [2.24, 2.45) is 0 Å². The number of nitrogens with zero attached hydrogens (tertiary/aromatic N) is 2. The molecule has 0 fully saturated rings. The van der Waals surface area contributed by atoms with E-state index in [0.29, 0.717) is 0 Å². The molecule has 1 heterocycles. The highest BCUT2D eigenvalue weighted by molar-refractivity contribution is 5.58. The first kappa shape index (κ1) is 13.7. The summed E-state index contributed by atoms with van der Waals surface area (Å²) in [5.74, 6) is 2.65. The maximum Gasteiger partial charge on any atom is 0.135 e. The highest BCUT2D eigenvalue weighted by Crippen LogP contribution is 2.23. The van der Waals surface area contributed by atoms with Crippen molar-refractivity contribution in [1.29, 1.82) is 0 Å². The Kier molecular flexibility index (Phi) is 4.32. The van der Waals surface area contributed by atoms with Gasteiger partial charge in [-0.3, -0.25) is 0 Å². The maximum absolute atomic E-state index is 4.49. The zero-order chi connectivity index (χ0) is 13.1. The van der Waals surface area contributed by atoms with Gasteiger partial charge in [-0.1, -0.05) is 6.92 Å². The van der Waals surface area contributed by atoms with E-state index in [-0.39, 0.29) is 5.54 Å². The fourth-order valence-corrected chi connectivity index (χ4v) is 1.50. The minimum absolute atomic E-state index is 0.0506. The lowest BCUT2D eigenvalue weighted by molar-refractivity contribution is 0.544. The second-order valence-electron chi connectivity index (χ2n) is 4.99. The van der Waals surface area contributed by atoms with Gasteiger partial charge in [-0.15, -0.1) is 0 Å². The van der Waals surface area contributed by atoms with Gasteiger partial charge in [0.2, 0.25) is 0 Å². The largest absolute Gasteiger partial charge is 0.370 e. The molecule has 1 aromatic rings. The zero-order valence-electron chi connectivity index (χ0n) is 11.8. The molecule has 0 unspecified atom stereocenters. The van der Waals surface area contributed by atoms with Crippen molar-refractivity contribution in [3.05, 3.63) is 11.4 Å². The van der Waals surface area contributed by atoms with Gasteiger partial charge in [-0.2, -0.15) is 0 Å². The SMILES string of the molecule is CCNc1nc(C)nc(NC(C)(C)CC)c1C. The van der Waals surface area contributed by atoms with E-state index >= 15 is 0 Å². The molecule has 0 aliphatic rings. The van der Waals surface area contributed by atoms with Crippen molar-refractivity contribution in [2.45, 2.75) is 53.5 Å². The maximum atomic E-state index is 4.49. The molecule has 1 rings (SSSR count). The van der Waals surface area contributed by atoms with Crippen molar-refractivity contribution in [2.75, 3.05) is 17.2 Å². The first-order valence-corrected chi connectivity index (χ1v) is 6.27. The van der Waals surface area contributed by atoms with Gasteiger partial charge >= 0.3 is 0 Å². The third-order valence-corrected chi connectivity index (χ3v) is 2.94. The number of anilines is 2. The molecule has 0 radical (unpaired) electrons. The van der Waals surface area contributed by atoms with Gasteiger partial charge in [0.25, 0.3) is 0 Å². The van der Waals surface area contributed by atoms with Crippen molar-refractivity contribution in [1.82, 2.24) is 9.97 Å². The predicted molar refractivity (Wildman–Crippen MR) is 73.7 cm³/mol. The number of aryl methyl sites for hydroxylation is 1. The Hall–Kier alpha value is -1.32. The van der Waals surface area contributed by atoms with E-state index in [2.05, 4.69) is 48.3 Å². The van der Waals surface area contributed by atoms with Crippen molar-refractivity contribution in [3.63, 3.8) is 0 Å². The molecule has 2 N–H and O–H groups in total. The van der Waals surface area contributed by atoms with Crippen LogP contribution in [0.15, 0.2) is 0 Å². The number of rotatable bonds is 5. The molecular weight excluding hydrogens is 212 g/mol.